The van der Waals surface area contributed by atoms with Gasteiger partial charge in [-0.2, -0.15) is 0 Å². The summed E-state index contributed by atoms with van der Waals surface area (Å²) in [5.41, 5.74) is 3.86. The van der Waals surface area contributed by atoms with Gasteiger partial charge in [0.2, 0.25) is 0 Å². The molecule has 0 bridgehead atoms. The molecule has 0 aromatic heterocycles. The summed E-state index contributed by atoms with van der Waals surface area (Å²) in [7, 11) is 5.23. The number of halogens is 1. The average molecular weight is 384 g/mol. The molecule has 2 aromatic carbocycles. The Hall–Kier alpha value is -2.89. The number of benzene rings is 2. The monoisotopic (exact) mass is 384 g/mol. The van der Waals surface area contributed by atoms with E-state index >= 15 is 0 Å². The quantitative estimate of drug-likeness (QED) is 0.570. The van der Waals surface area contributed by atoms with E-state index in [1.54, 1.807) is 32.1 Å². The van der Waals surface area contributed by atoms with E-state index in [-0.39, 0.29) is 11.7 Å². The molecule has 5 nitrogen and oxygen atoms in total. The largest absolute Gasteiger partial charge is 0.356 e. The molecule has 0 saturated carbocycles. The number of hydrogen-bond acceptors (Lipinski definition) is 2. The average Bonchev–Trinajstić information content (AvgIpc) is 2.67. The highest BCUT2D eigenvalue weighted by Gasteiger charge is 2.08. The van der Waals surface area contributed by atoms with Gasteiger partial charge in [-0.3, -0.25) is 9.79 Å². The molecule has 0 fully saturated rings. The maximum absolute atomic E-state index is 13.2. The van der Waals surface area contributed by atoms with E-state index in [0.717, 1.165) is 35.5 Å². The molecule has 6 heteroatoms. The summed E-state index contributed by atoms with van der Waals surface area (Å²) >= 11 is 0. The van der Waals surface area contributed by atoms with Crippen molar-refractivity contribution in [3.8, 4) is 0 Å². The summed E-state index contributed by atoms with van der Waals surface area (Å²) in [4.78, 5) is 17.9. The van der Waals surface area contributed by atoms with Gasteiger partial charge in [-0.15, -0.1) is 0 Å². The first kappa shape index (κ1) is 21.4. The molecule has 2 aromatic rings. The van der Waals surface area contributed by atoms with Gasteiger partial charge in [0, 0.05) is 39.8 Å². The summed E-state index contributed by atoms with van der Waals surface area (Å²) in [6, 6.07) is 12.5. The fraction of sp³-hybridized carbons (Fsp3) is 0.364. The Labute approximate surface area is 166 Å². The zero-order valence-corrected chi connectivity index (χ0v) is 17.1. The molecule has 1 amide bonds. The van der Waals surface area contributed by atoms with E-state index in [9.17, 15) is 9.18 Å². The van der Waals surface area contributed by atoms with E-state index in [0.29, 0.717) is 18.7 Å². The minimum atomic E-state index is -0.206. The van der Waals surface area contributed by atoms with Gasteiger partial charge in [-0.1, -0.05) is 18.2 Å². The number of amides is 1. The van der Waals surface area contributed by atoms with Gasteiger partial charge in [-0.25, -0.2) is 4.39 Å². The summed E-state index contributed by atoms with van der Waals surface area (Å²) in [5.74, 6) is 0.520. The first-order valence-electron chi connectivity index (χ1n) is 9.41. The number of rotatable bonds is 7. The molecule has 0 spiro atoms. The van der Waals surface area contributed by atoms with Crippen LogP contribution in [0.25, 0.3) is 0 Å². The summed E-state index contributed by atoms with van der Waals surface area (Å²) in [6.45, 7) is 3.33. The van der Waals surface area contributed by atoms with Crippen molar-refractivity contribution in [3.63, 3.8) is 0 Å². The molecular weight excluding hydrogens is 355 g/mol. The second-order valence-electron chi connectivity index (χ2n) is 6.90. The van der Waals surface area contributed by atoms with Gasteiger partial charge in [0.1, 0.15) is 5.82 Å². The van der Waals surface area contributed by atoms with Gasteiger partial charge in [0.25, 0.3) is 5.91 Å². The number of nitrogens with one attached hydrogen (secondary N) is 2. The van der Waals surface area contributed by atoms with Crippen LogP contribution < -0.4 is 10.6 Å². The van der Waals surface area contributed by atoms with Crippen LogP contribution in [0.15, 0.2) is 47.5 Å². The summed E-state index contributed by atoms with van der Waals surface area (Å²) in [6.07, 6.45) is 1.58. The number of guanidine groups is 1. The lowest BCUT2D eigenvalue weighted by molar-refractivity contribution is 0.0827. The van der Waals surface area contributed by atoms with Crippen molar-refractivity contribution < 1.29 is 9.18 Å². The fourth-order valence-corrected chi connectivity index (χ4v) is 2.92. The molecule has 28 heavy (non-hydrogen) atoms. The van der Waals surface area contributed by atoms with Crippen molar-refractivity contribution in [1.29, 1.82) is 0 Å². The first-order valence-corrected chi connectivity index (χ1v) is 9.41. The second kappa shape index (κ2) is 10.4. The van der Waals surface area contributed by atoms with Crippen LogP contribution in [-0.2, 0) is 12.8 Å². The SMILES string of the molecule is CN=C(NCCc1cccc(C(=O)N(C)C)c1)NCCc1ccc(F)cc1C. The van der Waals surface area contributed by atoms with Crippen LogP contribution in [0.1, 0.15) is 27.0 Å². The van der Waals surface area contributed by atoms with E-state index in [1.165, 1.54) is 6.07 Å². The van der Waals surface area contributed by atoms with Gasteiger partial charge in [-0.05, 0) is 60.7 Å². The van der Waals surface area contributed by atoms with Crippen molar-refractivity contribution in [2.24, 2.45) is 4.99 Å². The van der Waals surface area contributed by atoms with Gasteiger partial charge in [0.05, 0.1) is 0 Å². The summed E-state index contributed by atoms with van der Waals surface area (Å²) < 4.78 is 13.2. The molecule has 2 rings (SSSR count). The van der Waals surface area contributed by atoms with Gasteiger partial charge >= 0.3 is 0 Å². The zero-order chi connectivity index (χ0) is 20.5. The molecule has 0 radical (unpaired) electrons. The molecule has 0 aliphatic carbocycles. The lowest BCUT2D eigenvalue weighted by Gasteiger charge is -2.14. The molecule has 0 aliphatic heterocycles. The number of nitrogens with zero attached hydrogens (tertiary/aromatic N) is 2. The maximum atomic E-state index is 13.2. The molecule has 0 unspecified atom stereocenters. The fourth-order valence-electron chi connectivity index (χ4n) is 2.92. The zero-order valence-electron chi connectivity index (χ0n) is 17.1. The highest BCUT2D eigenvalue weighted by Crippen LogP contribution is 2.10. The highest BCUT2D eigenvalue weighted by atomic mass is 19.1. The standard InChI is InChI=1S/C22H29FN4O/c1-16-14-20(23)9-8-18(16)11-13-26-22(24-2)25-12-10-17-6-5-7-19(15-17)21(28)27(3)4/h5-9,14-15H,10-13H2,1-4H3,(H2,24,25,26). The molecule has 0 saturated heterocycles. The van der Waals surface area contributed by atoms with E-state index in [1.807, 2.05) is 37.3 Å². The smallest absolute Gasteiger partial charge is 0.253 e. The predicted octanol–water partition coefficient (Wildman–Crippen LogP) is 2.79. The first-order chi connectivity index (χ1) is 13.4. The third-order valence-electron chi connectivity index (χ3n) is 4.50. The molecule has 150 valence electrons. The van der Waals surface area contributed by atoms with E-state index in [4.69, 9.17) is 0 Å². The van der Waals surface area contributed by atoms with Crippen LogP contribution in [0.3, 0.4) is 0 Å². The Morgan fingerprint density at radius 2 is 1.79 bits per heavy atom. The van der Waals surface area contributed by atoms with Crippen LogP contribution in [-0.4, -0.2) is 51.0 Å². The topological polar surface area (TPSA) is 56.7 Å². The van der Waals surface area contributed by atoms with E-state index in [2.05, 4.69) is 15.6 Å². The Morgan fingerprint density at radius 1 is 1.07 bits per heavy atom. The van der Waals surface area contributed by atoms with Crippen LogP contribution in [0.4, 0.5) is 4.39 Å². The van der Waals surface area contributed by atoms with Crippen LogP contribution >= 0.6 is 0 Å². The maximum Gasteiger partial charge on any atom is 0.253 e. The normalized spacial score (nSPS) is 11.2. The number of aliphatic imine (C=N–C) groups is 1. The number of hydrogen-bond donors (Lipinski definition) is 2. The number of carbonyl (C=O) groups excluding carboxylic acids is 1. The van der Waals surface area contributed by atoms with Crippen molar-refractivity contribution in [2.75, 3.05) is 34.2 Å². The van der Waals surface area contributed by atoms with Gasteiger partial charge in [0.15, 0.2) is 5.96 Å². The lowest BCUT2D eigenvalue weighted by atomic mass is 10.1. The minimum absolute atomic E-state index is 0.00312. The van der Waals surface area contributed by atoms with Gasteiger partial charge < -0.3 is 15.5 Å². The highest BCUT2D eigenvalue weighted by molar-refractivity contribution is 5.94. The Morgan fingerprint density at radius 3 is 2.43 bits per heavy atom. The van der Waals surface area contributed by atoms with Crippen LogP contribution in [0, 0.1) is 12.7 Å². The summed E-state index contributed by atoms with van der Waals surface area (Å²) in [5, 5.41) is 6.56. The molecule has 0 aliphatic rings. The second-order valence-corrected chi connectivity index (χ2v) is 6.90. The number of aryl methyl sites for hydroxylation is 1. The minimum Gasteiger partial charge on any atom is -0.356 e. The van der Waals surface area contributed by atoms with Crippen LogP contribution in [0.5, 0.6) is 0 Å². The van der Waals surface area contributed by atoms with Crippen molar-refractivity contribution in [1.82, 2.24) is 15.5 Å². The Bertz CT molecular complexity index is 833. The Kier molecular flexibility index (Phi) is 7.99. The number of carbonyl (C=O) groups is 1. The van der Waals surface area contributed by atoms with Crippen molar-refractivity contribution >= 4 is 11.9 Å². The molecular formula is C22H29FN4O. The van der Waals surface area contributed by atoms with Crippen molar-refractivity contribution in [2.45, 2.75) is 19.8 Å². The predicted molar refractivity (Wildman–Crippen MR) is 112 cm³/mol. The third kappa shape index (κ3) is 6.37. The Balaban J connectivity index is 1.79. The molecule has 0 atom stereocenters. The molecule has 0 heterocycles. The third-order valence-corrected chi connectivity index (χ3v) is 4.50. The van der Waals surface area contributed by atoms with E-state index < -0.39 is 0 Å². The lowest BCUT2D eigenvalue weighted by Crippen LogP contribution is -2.39. The van der Waals surface area contributed by atoms with Crippen LogP contribution in [0.2, 0.25) is 0 Å². The van der Waals surface area contributed by atoms with Crippen molar-refractivity contribution in [3.05, 3.63) is 70.5 Å². The molecule has 2 N–H and O–H groups in total.